The Morgan fingerprint density at radius 1 is 1.36 bits per heavy atom. The number of benzene rings is 1. The van der Waals surface area contributed by atoms with E-state index in [4.69, 9.17) is 23.2 Å². The van der Waals surface area contributed by atoms with Gasteiger partial charge in [0.2, 0.25) is 6.41 Å². The van der Waals surface area contributed by atoms with Crippen molar-refractivity contribution in [3.63, 3.8) is 0 Å². The van der Waals surface area contributed by atoms with E-state index in [0.29, 0.717) is 16.0 Å². The normalized spacial score (nSPS) is 19.3. The van der Waals surface area contributed by atoms with E-state index < -0.39 is 0 Å². The molecule has 0 spiro atoms. The van der Waals surface area contributed by atoms with E-state index >= 15 is 0 Å². The smallest absolute Gasteiger partial charge is 0.207 e. The Morgan fingerprint density at radius 3 is 2.68 bits per heavy atom. The molecule has 1 fully saturated rings. The van der Waals surface area contributed by atoms with E-state index in [1.54, 1.807) is 23.5 Å². The number of aryl methyl sites for hydroxylation is 1. The number of amides is 1. The fourth-order valence-corrected chi connectivity index (χ4v) is 4.40. The highest BCUT2D eigenvalue weighted by atomic mass is 35.5. The van der Waals surface area contributed by atoms with Gasteiger partial charge in [-0.25, -0.2) is 4.98 Å². The van der Waals surface area contributed by atoms with Crippen molar-refractivity contribution in [1.29, 1.82) is 0 Å². The molecule has 1 heterocycles. The maximum absolute atomic E-state index is 10.3. The van der Waals surface area contributed by atoms with Crippen LogP contribution < -0.4 is 10.6 Å². The summed E-state index contributed by atoms with van der Waals surface area (Å²) in [4.78, 5) is 14.6. The van der Waals surface area contributed by atoms with Crippen molar-refractivity contribution in [2.24, 2.45) is 11.8 Å². The lowest BCUT2D eigenvalue weighted by atomic mass is 9.96. The number of nitrogens with zero attached hydrogens (tertiary/aromatic N) is 1. The topological polar surface area (TPSA) is 54.0 Å². The van der Waals surface area contributed by atoms with Gasteiger partial charge in [-0.05, 0) is 49.8 Å². The van der Waals surface area contributed by atoms with Crippen molar-refractivity contribution >= 4 is 51.8 Å². The van der Waals surface area contributed by atoms with Crippen LogP contribution in [0, 0.1) is 18.8 Å². The van der Waals surface area contributed by atoms with Crippen LogP contribution in [0.2, 0.25) is 10.0 Å². The number of carbonyl (C=O) groups is 1. The van der Waals surface area contributed by atoms with Gasteiger partial charge in [0, 0.05) is 17.1 Å². The third-order valence-electron chi connectivity index (χ3n) is 4.97. The van der Waals surface area contributed by atoms with Gasteiger partial charge in [0.15, 0.2) is 5.13 Å². The Bertz CT molecular complexity index is 781. The summed E-state index contributed by atoms with van der Waals surface area (Å²) in [5.74, 6) is 1.48. The van der Waals surface area contributed by atoms with E-state index in [1.165, 1.54) is 25.7 Å². The minimum Gasteiger partial charge on any atom is -0.352 e. The first-order chi connectivity index (χ1) is 13.5. The molecular formula is C21H27Cl2N3OS. The third kappa shape index (κ3) is 6.80. The highest BCUT2D eigenvalue weighted by Crippen LogP contribution is 2.35. The summed E-state index contributed by atoms with van der Waals surface area (Å²) in [7, 11) is 0. The fraction of sp³-hybridized carbons (Fsp3) is 0.429. The summed E-state index contributed by atoms with van der Waals surface area (Å²) in [6.07, 6.45) is 7.69. The maximum atomic E-state index is 10.3. The van der Waals surface area contributed by atoms with Crippen LogP contribution in [0.3, 0.4) is 0 Å². The highest BCUT2D eigenvalue weighted by Gasteiger charge is 2.27. The Hall–Kier alpha value is -1.56. The molecule has 2 N–H and O–H groups in total. The summed E-state index contributed by atoms with van der Waals surface area (Å²) in [6, 6.07) is 5.59. The molecule has 2 aromatic rings. The predicted molar refractivity (Wildman–Crippen MR) is 121 cm³/mol. The van der Waals surface area contributed by atoms with Crippen molar-refractivity contribution in [3.05, 3.63) is 52.0 Å². The zero-order valence-electron chi connectivity index (χ0n) is 16.3. The van der Waals surface area contributed by atoms with Gasteiger partial charge in [-0.1, -0.05) is 49.0 Å². The molecule has 0 aliphatic heterocycles. The van der Waals surface area contributed by atoms with Gasteiger partial charge in [0.05, 0.1) is 15.7 Å². The Labute approximate surface area is 181 Å². The largest absolute Gasteiger partial charge is 0.352 e. The Morgan fingerprint density at radius 2 is 2.14 bits per heavy atom. The molecule has 3 unspecified atom stereocenters. The average molecular weight is 440 g/mol. The van der Waals surface area contributed by atoms with Gasteiger partial charge in [0.25, 0.3) is 0 Å². The summed E-state index contributed by atoms with van der Waals surface area (Å²) in [5.41, 5.74) is 1.89. The average Bonchev–Trinajstić information content (AvgIpc) is 3.32. The van der Waals surface area contributed by atoms with Gasteiger partial charge < -0.3 is 10.6 Å². The SMILES string of the molecule is C=CC(NC=O)C1CCC(CC)C1.Cc1csc(Nc2ccc(Cl)c(Cl)c2)n1. The standard InChI is InChI=1S/C11H19NO.C10H8Cl2N2S/c1-3-9-5-6-10(7-9)11(4-2)12-8-13;1-6-5-15-10(13-6)14-7-2-3-8(11)9(12)4-7/h4,8-11H,2-3,5-7H2,1H3,(H,12,13);2-5H,1H3,(H,13,14). The molecule has 1 aliphatic rings. The summed E-state index contributed by atoms with van der Waals surface area (Å²) >= 11 is 13.3. The first-order valence-corrected chi connectivity index (χ1v) is 11.1. The van der Waals surface area contributed by atoms with Crippen LogP contribution in [-0.2, 0) is 4.79 Å². The second-order valence-electron chi connectivity index (χ2n) is 6.94. The molecular weight excluding hydrogens is 413 g/mol. The van der Waals surface area contributed by atoms with E-state index in [2.05, 4.69) is 29.1 Å². The number of nitrogens with one attached hydrogen (secondary N) is 2. The lowest BCUT2D eigenvalue weighted by Crippen LogP contribution is -2.32. The lowest BCUT2D eigenvalue weighted by molar-refractivity contribution is -0.110. The van der Waals surface area contributed by atoms with Crippen molar-refractivity contribution < 1.29 is 4.79 Å². The number of halogens is 2. The van der Waals surface area contributed by atoms with Crippen molar-refractivity contribution in [3.8, 4) is 0 Å². The minimum absolute atomic E-state index is 0.189. The van der Waals surface area contributed by atoms with E-state index in [-0.39, 0.29) is 6.04 Å². The van der Waals surface area contributed by atoms with Gasteiger partial charge in [-0.3, -0.25) is 4.79 Å². The molecule has 3 atom stereocenters. The quantitative estimate of drug-likeness (QED) is 0.376. The number of hydrogen-bond donors (Lipinski definition) is 2. The zero-order chi connectivity index (χ0) is 20.5. The number of anilines is 2. The van der Waals surface area contributed by atoms with Gasteiger partial charge in [-0.15, -0.1) is 17.9 Å². The van der Waals surface area contributed by atoms with Gasteiger partial charge in [0.1, 0.15) is 0 Å². The van der Waals surface area contributed by atoms with Crippen molar-refractivity contribution in [2.75, 3.05) is 5.32 Å². The fourth-order valence-electron chi connectivity index (χ4n) is 3.39. The molecule has 0 bridgehead atoms. The first kappa shape index (κ1) is 22.7. The van der Waals surface area contributed by atoms with Crippen LogP contribution in [0.5, 0.6) is 0 Å². The summed E-state index contributed by atoms with van der Waals surface area (Å²) in [5, 5.41) is 9.91. The zero-order valence-corrected chi connectivity index (χ0v) is 18.6. The van der Waals surface area contributed by atoms with Crippen LogP contribution in [-0.4, -0.2) is 17.4 Å². The lowest BCUT2D eigenvalue weighted by Gasteiger charge is -2.19. The Balaban J connectivity index is 0.000000203. The maximum Gasteiger partial charge on any atom is 0.207 e. The van der Waals surface area contributed by atoms with Crippen LogP contribution in [0.1, 0.15) is 38.3 Å². The molecule has 3 rings (SSSR count). The molecule has 152 valence electrons. The molecule has 4 nitrogen and oxygen atoms in total. The molecule has 0 saturated heterocycles. The second-order valence-corrected chi connectivity index (χ2v) is 8.61. The highest BCUT2D eigenvalue weighted by molar-refractivity contribution is 7.13. The monoisotopic (exact) mass is 439 g/mol. The number of rotatable bonds is 7. The van der Waals surface area contributed by atoms with Crippen LogP contribution in [0.4, 0.5) is 10.8 Å². The number of hydrogen-bond acceptors (Lipinski definition) is 4. The van der Waals surface area contributed by atoms with Crippen molar-refractivity contribution in [2.45, 2.75) is 45.6 Å². The van der Waals surface area contributed by atoms with Crippen LogP contribution >= 0.6 is 34.5 Å². The number of thiazole rings is 1. The Kier molecular flexibility index (Phi) is 9.29. The number of carbonyl (C=O) groups excluding carboxylic acids is 1. The molecule has 1 amide bonds. The molecule has 1 saturated carbocycles. The first-order valence-electron chi connectivity index (χ1n) is 9.43. The van der Waals surface area contributed by atoms with E-state index in [1.807, 2.05) is 24.4 Å². The van der Waals surface area contributed by atoms with Crippen molar-refractivity contribution in [1.82, 2.24) is 10.3 Å². The van der Waals surface area contributed by atoms with Gasteiger partial charge in [-0.2, -0.15) is 0 Å². The van der Waals surface area contributed by atoms with Crippen LogP contribution in [0.25, 0.3) is 0 Å². The molecule has 1 aromatic heterocycles. The molecule has 1 aromatic carbocycles. The van der Waals surface area contributed by atoms with E-state index in [0.717, 1.165) is 28.8 Å². The van der Waals surface area contributed by atoms with Gasteiger partial charge >= 0.3 is 0 Å². The third-order valence-corrected chi connectivity index (χ3v) is 6.59. The summed E-state index contributed by atoms with van der Waals surface area (Å²) in [6.45, 7) is 7.95. The number of aromatic nitrogens is 1. The molecule has 28 heavy (non-hydrogen) atoms. The molecule has 7 heteroatoms. The summed E-state index contributed by atoms with van der Waals surface area (Å²) < 4.78 is 0. The minimum atomic E-state index is 0.189. The molecule has 0 radical (unpaired) electrons. The predicted octanol–water partition coefficient (Wildman–Crippen LogP) is 6.62. The molecule has 1 aliphatic carbocycles. The van der Waals surface area contributed by atoms with E-state index in [9.17, 15) is 4.79 Å². The van der Waals surface area contributed by atoms with Crippen LogP contribution in [0.15, 0.2) is 36.2 Å². The second kappa shape index (κ2) is 11.4.